The highest BCUT2D eigenvalue weighted by Crippen LogP contribution is 2.33. The van der Waals surface area contributed by atoms with Crippen molar-refractivity contribution in [2.75, 3.05) is 19.0 Å². The zero-order valence-electron chi connectivity index (χ0n) is 17.8. The molecule has 5 rings (SSSR count). The van der Waals surface area contributed by atoms with E-state index in [1.54, 1.807) is 55.6 Å². The summed E-state index contributed by atoms with van der Waals surface area (Å²) in [5.74, 6) is 0.331. The number of methoxy groups -OCH3 is 1. The maximum absolute atomic E-state index is 13.2. The third kappa shape index (κ3) is 4.40. The molecule has 0 bridgehead atoms. The van der Waals surface area contributed by atoms with Gasteiger partial charge in [-0.15, -0.1) is 0 Å². The van der Waals surface area contributed by atoms with Gasteiger partial charge in [0.05, 0.1) is 22.7 Å². The third-order valence-electron chi connectivity index (χ3n) is 5.03. The fraction of sp³-hybridized carbons (Fsp3) is 0.0800. The predicted molar refractivity (Wildman–Crippen MR) is 136 cm³/mol. The number of fused-ring (bicyclic) bond motifs is 2. The maximum atomic E-state index is 13.2. The topological polar surface area (TPSA) is 90.7 Å². The van der Waals surface area contributed by atoms with Gasteiger partial charge in [0.2, 0.25) is 11.2 Å². The Kier molecular flexibility index (Phi) is 6.04. The third-order valence-corrected chi connectivity index (χ3v) is 6.48. The number of rotatable bonds is 6. The summed E-state index contributed by atoms with van der Waals surface area (Å²) in [6, 6.07) is 19.7. The number of nitrogens with zero attached hydrogens (tertiary/aromatic N) is 1. The predicted octanol–water partition coefficient (Wildman–Crippen LogP) is 5.86. The van der Waals surface area contributed by atoms with E-state index < -0.39 is 5.91 Å². The van der Waals surface area contributed by atoms with Crippen LogP contribution in [0.3, 0.4) is 0 Å². The second kappa shape index (κ2) is 9.28. The lowest BCUT2D eigenvalue weighted by Crippen LogP contribution is -2.22. The quantitative estimate of drug-likeness (QED) is 0.292. The number of halogens is 1. The van der Waals surface area contributed by atoms with Gasteiger partial charge in [-0.05, 0) is 42.5 Å². The molecule has 0 saturated heterocycles. The molecule has 0 aliphatic heterocycles. The number of nitrogens with one attached hydrogen (secondary N) is 1. The first-order valence-corrected chi connectivity index (χ1v) is 11.8. The molecule has 7 nitrogen and oxygen atoms in total. The Labute approximate surface area is 206 Å². The summed E-state index contributed by atoms with van der Waals surface area (Å²) >= 11 is 4.76. The lowest BCUT2D eigenvalue weighted by Gasteiger charge is -2.12. The van der Waals surface area contributed by atoms with Crippen LogP contribution in [0.4, 0.5) is 5.13 Å². The van der Waals surface area contributed by atoms with Crippen molar-refractivity contribution in [1.82, 2.24) is 4.98 Å². The lowest BCUT2D eigenvalue weighted by atomic mass is 10.1. The fourth-order valence-electron chi connectivity index (χ4n) is 3.46. The number of thiazole rings is 1. The molecule has 3 aromatic carbocycles. The van der Waals surface area contributed by atoms with Crippen molar-refractivity contribution in [3.8, 4) is 22.8 Å². The minimum Gasteiger partial charge on any atom is -0.497 e. The standard InChI is InChI=1S/C25H17BrN2O5S/c1-31-16-6-4-5-14(11-16)23-24(22(30)17-7-2-3-8-19(17)33-23)32-13-21(29)28-25-27-18-12-15(26)9-10-20(18)34-25/h2-12H,13H2,1H3,(H,27,28,29). The largest absolute Gasteiger partial charge is 0.497 e. The van der Waals surface area contributed by atoms with Gasteiger partial charge in [-0.1, -0.05) is 51.5 Å². The molecule has 5 aromatic rings. The van der Waals surface area contributed by atoms with E-state index in [-0.39, 0.29) is 23.5 Å². The van der Waals surface area contributed by atoms with Crippen molar-refractivity contribution in [1.29, 1.82) is 0 Å². The summed E-state index contributed by atoms with van der Waals surface area (Å²) in [4.78, 5) is 30.3. The molecule has 0 radical (unpaired) electrons. The number of para-hydroxylation sites is 1. The minimum atomic E-state index is -0.442. The average Bonchev–Trinajstić information content (AvgIpc) is 3.24. The van der Waals surface area contributed by atoms with Crippen molar-refractivity contribution in [2.45, 2.75) is 0 Å². The number of hydrogen-bond donors (Lipinski definition) is 1. The Bertz CT molecular complexity index is 1590. The minimum absolute atomic E-state index is 0.0460. The van der Waals surface area contributed by atoms with E-state index in [1.165, 1.54) is 11.3 Å². The highest BCUT2D eigenvalue weighted by Gasteiger charge is 2.19. The second-order valence-electron chi connectivity index (χ2n) is 7.29. The van der Waals surface area contributed by atoms with Gasteiger partial charge in [-0.2, -0.15) is 0 Å². The van der Waals surface area contributed by atoms with Gasteiger partial charge in [-0.3, -0.25) is 14.9 Å². The van der Waals surface area contributed by atoms with Crippen LogP contribution in [0.15, 0.2) is 80.4 Å². The van der Waals surface area contributed by atoms with Crippen molar-refractivity contribution in [3.05, 3.63) is 81.4 Å². The molecule has 1 N–H and O–H groups in total. The van der Waals surface area contributed by atoms with E-state index in [9.17, 15) is 9.59 Å². The van der Waals surface area contributed by atoms with Crippen LogP contribution in [0.25, 0.3) is 32.5 Å². The van der Waals surface area contributed by atoms with Gasteiger partial charge >= 0.3 is 0 Å². The van der Waals surface area contributed by atoms with E-state index >= 15 is 0 Å². The smallest absolute Gasteiger partial charge is 0.264 e. The Morgan fingerprint density at radius 2 is 1.97 bits per heavy atom. The number of anilines is 1. The average molecular weight is 537 g/mol. The molecule has 2 aromatic heterocycles. The molecule has 0 atom stereocenters. The highest BCUT2D eigenvalue weighted by molar-refractivity contribution is 9.10. The number of amides is 1. The first-order chi connectivity index (χ1) is 16.5. The lowest BCUT2D eigenvalue weighted by molar-refractivity contribution is -0.118. The van der Waals surface area contributed by atoms with Gasteiger partial charge in [0.1, 0.15) is 11.3 Å². The molecule has 34 heavy (non-hydrogen) atoms. The van der Waals surface area contributed by atoms with E-state index in [1.807, 2.05) is 18.2 Å². The highest BCUT2D eigenvalue weighted by atomic mass is 79.9. The Hall–Kier alpha value is -3.69. The summed E-state index contributed by atoms with van der Waals surface area (Å²) < 4.78 is 18.9. The summed E-state index contributed by atoms with van der Waals surface area (Å²) in [5, 5.41) is 3.54. The van der Waals surface area contributed by atoms with Crippen LogP contribution in [0.2, 0.25) is 0 Å². The van der Waals surface area contributed by atoms with Crippen LogP contribution in [0, 0.1) is 0 Å². The number of aromatic nitrogens is 1. The fourth-order valence-corrected chi connectivity index (χ4v) is 4.67. The van der Waals surface area contributed by atoms with Gasteiger partial charge in [0.15, 0.2) is 17.5 Å². The van der Waals surface area contributed by atoms with Gasteiger partial charge in [0, 0.05) is 10.0 Å². The molecule has 9 heteroatoms. The van der Waals surface area contributed by atoms with Crippen molar-refractivity contribution >= 4 is 59.5 Å². The van der Waals surface area contributed by atoms with Crippen LogP contribution in [-0.2, 0) is 4.79 Å². The molecule has 170 valence electrons. The van der Waals surface area contributed by atoms with Crippen LogP contribution < -0.4 is 20.2 Å². The summed E-state index contributed by atoms with van der Waals surface area (Å²) in [6.07, 6.45) is 0. The molecule has 2 heterocycles. The molecule has 0 saturated carbocycles. The van der Waals surface area contributed by atoms with Crippen LogP contribution >= 0.6 is 27.3 Å². The van der Waals surface area contributed by atoms with Crippen LogP contribution in [0.1, 0.15) is 0 Å². The maximum Gasteiger partial charge on any atom is 0.264 e. The van der Waals surface area contributed by atoms with Crippen LogP contribution in [-0.4, -0.2) is 24.6 Å². The summed E-state index contributed by atoms with van der Waals surface area (Å²) in [5.41, 5.74) is 1.42. The SMILES string of the molecule is COc1cccc(-c2oc3ccccc3c(=O)c2OCC(=O)Nc2nc3cc(Br)ccc3s2)c1. The Balaban J connectivity index is 1.45. The first-order valence-electron chi connectivity index (χ1n) is 10.2. The zero-order chi connectivity index (χ0) is 23.7. The van der Waals surface area contributed by atoms with Gasteiger partial charge in [-0.25, -0.2) is 4.98 Å². The summed E-state index contributed by atoms with van der Waals surface area (Å²) in [6.45, 7) is -0.389. The molecule has 0 aliphatic rings. The molecule has 1 amide bonds. The Morgan fingerprint density at radius 3 is 2.82 bits per heavy atom. The number of benzene rings is 3. The van der Waals surface area contributed by atoms with Gasteiger partial charge in [0.25, 0.3) is 5.91 Å². The van der Waals surface area contributed by atoms with Gasteiger partial charge < -0.3 is 13.9 Å². The molecule has 0 unspecified atom stereocenters. The van der Waals surface area contributed by atoms with Crippen molar-refractivity contribution in [2.24, 2.45) is 0 Å². The number of ether oxygens (including phenoxy) is 2. The van der Waals surface area contributed by atoms with E-state index in [0.717, 1.165) is 14.7 Å². The van der Waals surface area contributed by atoms with E-state index in [0.29, 0.717) is 27.4 Å². The normalized spacial score (nSPS) is 11.0. The number of carbonyl (C=O) groups excluding carboxylic acids is 1. The summed E-state index contributed by atoms with van der Waals surface area (Å²) in [7, 11) is 1.55. The van der Waals surface area contributed by atoms with E-state index in [2.05, 4.69) is 26.2 Å². The monoisotopic (exact) mass is 536 g/mol. The molecule has 0 fully saturated rings. The molecule has 0 spiro atoms. The van der Waals surface area contributed by atoms with Crippen molar-refractivity contribution < 1.29 is 18.7 Å². The number of hydrogen-bond acceptors (Lipinski definition) is 7. The Morgan fingerprint density at radius 1 is 1.12 bits per heavy atom. The number of carbonyl (C=O) groups is 1. The van der Waals surface area contributed by atoms with Crippen LogP contribution in [0.5, 0.6) is 11.5 Å². The zero-order valence-corrected chi connectivity index (χ0v) is 20.2. The van der Waals surface area contributed by atoms with E-state index in [4.69, 9.17) is 13.9 Å². The molecular weight excluding hydrogens is 520 g/mol. The second-order valence-corrected chi connectivity index (χ2v) is 9.23. The first kappa shape index (κ1) is 22.1. The van der Waals surface area contributed by atoms with Crippen molar-refractivity contribution in [3.63, 3.8) is 0 Å². The molecule has 0 aliphatic carbocycles. The molecular formula is C25H17BrN2O5S.